The molecule has 1 saturated carbocycles. The highest BCUT2D eigenvalue weighted by atomic mass is 16.5. The van der Waals surface area contributed by atoms with E-state index in [1.165, 1.54) is 19.3 Å². The highest BCUT2D eigenvalue weighted by Gasteiger charge is 2.43. The fraction of sp³-hybridized carbons (Fsp3) is 0.938. The summed E-state index contributed by atoms with van der Waals surface area (Å²) in [6.07, 6.45) is 4.73. The molecule has 1 amide bonds. The van der Waals surface area contributed by atoms with Crippen molar-refractivity contribution in [2.75, 3.05) is 47.4 Å². The van der Waals surface area contributed by atoms with Crippen molar-refractivity contribution in [1.29, 1.82) is 0 Å². The molecule has 0 aromatic heterocycles. The first-order valence-corrected chi connectivity index (χ1v) is 8.24. The van der Waals surface area contributed by atoms with Crippen molar-refractivity contribution >= 4 is 5.91 Å². The minimum Gasteiger partial charge on any atom is -0.379 e. The van der Waals surface area contributed by atoms with Gasteiger partial charge in [0.05, 0.1) is 19.1 Å². The molecule has 1 saturated heterocycles. The lowest BCUT2D eigenvalue weighted by Gasteiger charge is -2.49. The summed E-state index contributed by atoms with van der Waals surface area (Å²) in [4.78, 5) is 17.0. The van der Waals surface area contributed by atoms with Crippen LogP contribution in [0.25, 0.3) is 0 Å². The van der Waals surface area contributed by atoms with Crippen molar-refractivity contribution in [3.05, 3.63) is 0 Å². The van der Waals surface area contributed by atoms with Crippen LogP contribution in [0.3, 0.4) is 0 Å². The van der Waals surface area contributed by atoms with Crippen LogP contribution in [0, 0.1) is 5.92 Å². The van der Waals surface area contributed by atoms with E-state index in [0.717, 1.165) is 19.5 Å². The molecule has 122 valence electrons. The molecule has 1 aliphatic carbocycles. The maximum absolute atomic E-state index is 12.7. The Hall–Kier alpha value is -0.650. The maximum Gasteiger partial charge on any atom is 0.229 e. The Labute approximate surface area is 129 Å². The molecule has 0 aromatic rings. The molecule has 2 unspecified atom stereocenters. The van der Waals surface area contributed by atoms with E-state index in [9.17, 15) is 4.79 Å². The summed E-state index contributed by atoms with van der Waals surface area (Å²) < 4.78 is 5.54. The van der Waals surface area contributed by atoms with Gasteiger partial charge in [0.25, 0.3) is 0 Å². The summed E-state index contributed by atoms with van der Waals surface area (Å²) in [6.45, 7) is 5.13. The lowest BCUT2D eigenvalue weighted by Crippen LogP contribution is -2.58. The average molecular weight is 297 g/mol. The van der Waals surface area contributed by atoms with Crippen molar-refractivity contribution in [1.82, 2.24) is 15.1 Å². The van der Waals surface area contributed by atoms with Gasteiger partial charge in [-0.15, -0.1) is 0 Å². The zero-order valence-corrected chi connectivity index (χ0v) is 14.0. The van der Waals surface area contributed by atoms with Gasteiger partial charge in [0.1, 0.15) is 0 Å². The smallest absolute Gasteiger partial charge is 0.229 e. The fourth-order valence-corrected chi connectivity index (χ4v) is 3.46. The van der Waals surface area contributed by atoms with Gasteiger partial charge in [-0.1, -0.05) is 6.92 Å². The maximum atomic E-state index is 12.7. The van der Waals surface area contributed by atoms with Crippen LogP contribution in [0.1, 0.15) is 32.6 Å². The summed E-state index contributed by atoms with van der Waals surface area (Å²) in [6, 6.07) is 0.177. The quantitative estimate of drug-likeness (QED) is 0.760. The van der Waals surface area contributed by atoms with Gasteiger partial charge < -0.3 is 19.9 Å². The molecule has 2 rings (SSSR count). The Balaban J connectivity index is 1.92. The lowest BCUT2D eigenvalue weighted by atomic mass is 9.75. The Bertz CT molecular complexity index is 355. The van der Waals surface area contributed by atoms with Crippen LogP contribution >= 0.6 is 0 Å². The van der Waals surface area contributed by atoms with Crippen LogP contribution < -0.4 is 5.32 Å². The van der Waals surface area contributed by atoms with E-state index in [0.29, 0.717) is 13.2 Å². The molecule has 1 N–H and O–H groups in total. The molecule has 0 bridgehead atoms. The topological polar surface area (TPSA) is 44.8 Å². The molecule has 0 spiro atoms. The van der Waals surface area contributed by atoms with Crippen molar-refractivity contribution in [2.24, 2.45) is 5.92 Å². The van der Waals surface area contributed by atoms with Crippen LogP contribution in [0.2, 0.25) is 0 Å². The van der Waals surface area contributed by atoms with Crippen molar-refractivity contribution in [3.63, 3.8) is 0 Å². The molecule has 5 nitrogen and oxygen atoms in total. The minimum absolute atomic E-state index is 0.0270. The van der Waals surface area contributed by atoms with E-state index < -0.39 is 0 Å². The average Bonchev–Trinajstić information content (AvgIpc) is 2.87. The highest BCUT2D eigenvalue weighted by Crippen LogP contribution is 2.37. The number of ether oxygens (including phenoxy) is 1. The first-order valence-electron chi connectivity index (χ1n) is 8.24. The number of rotatable bonds is 7. The molecular weight excluding hydrogens is 266 g/mol. The zero-order valence-electron chi connectivity index (χ0n) is 14.0. The highest BCUT2D eigenvalue weighted by molar-refractivity contribution is 5.80. The Kier molecular flexibility index (Phi) is 5.63. The van der Waals surface area contributed by atoms with E-state index >= 15 is 0 Å². The summed E-state index contributed by atoms with van der Waals surface area (Å²) in [7, 11) is 6.20. The van der Waals surface area contributed by atoms with E-state index in [1.807, 2.05) is 11.9 Å². The number of likely N-dealkylation sites (N-methyl/N-ethyl adjacent to an activating group) is 2. The number of nitrogens with zero attached hydrogens (tertiary/aromatic N) is 2. The van der Waals surface area contributed by atoms with Crippen molar-refractivity contribution < 1.29 is 9.53 Å². The van der Waals surface area contributed by atoms with Crippen LogP contribution in [0.5, 0.6) is 0 Å². The van der Waals surface area contributed by atoms with E-state index in [4.69, 9.17) is 4.74 Å². The number of hydrogen-bond donors (Lipinski definition) is 1. The molecule has 2 atom stereocenters. The van der Waals surface area contributed by atoms with Crippen LogP contribution in [-0.2, 0) is 9.53 Å². The second kappa shape index (κ2) is 7.07. The van der Waals surface area contributed by atoms with Crippen molar-refractivity contribution in [3.8, 4) is 0 Å². The van der Waals surface area contributed by atoms with Gasteiger partial charge in [0.15, 0.2) is 0 Å². The molecule has 2 fully saturated rings. The number of amides is 1. The zero-order chi connectivity index (χ0) is 15.5. The standard InChI is InChI=1S/C16H31N3O2/c1-5-9-17-14-11-21-10-13(14)15(20)19(4)12-16(18(2)3)7-6-8-16/h13-14,17H,5-12H2,1-4H3. The van der Waals surface area contributed by atoms with Gasteiger partial charge in [-0.3, -0.25) is 4.79 Å². The van der Waals surface area contributed by atoms with Crippen LogP contribution in [-0.4, -0.2) is 74.7 Å². The number of carbonyl (C=O) groups excluding carboxylic acids is 1. The molecule has 1 aliphatic heterocycles. The van der Waals surface area contributed by atoms with E-state index in [1.54, 1.807) is 0 Å². The minimum atomic E-state index is -0.0270. The number of carbonyl (C=O) groups is 1. The third-order valence-electron chi connectivity index (χ3n) is 5.19. The molecule has 1 heterocycles. The number of nitrogens with one attached hydrogen (secondary N) is 1. The molecule has 21 heavy (non-hydrogen) atoms. The van der Waals surface area contributed by atoms with Gasteiger partial charge >= 0.3 is 0 Å². The Morgan fingerprint density at radius 3 is 2.52 bits per heavy atom. The van der Waals surface area contributed by atoms with E-state index in [2.05, 4.69) is 31.2 Å². The third kappa shape index (κ3) is 3.58. The largest absolute Gasteiger partial charge is 0.379 e. The number of hydrogen-bond acceptors (Lipinski definition) is 4. The molecule has 0 aromatic carbocycles. The SMILES string of the molecule is CCCNC1COCC1C(=O)N(C)CC1(N(C)C)CCC1. The fourth-order valence-electron chi connectivity index (χ4n) is 3.46. The van der Waals surface area contributed by atoms with Crippen LogP contribution in [0.15, 0.2) is 0 Å². The van der Waals surface area contributed by atoms with Gasteiger partial charge in [-0.25, -0.2) is 0 Å². The first kappa shape index (κ1) is 16.7. The predicted octanol–water partition coefficient (Wildman–Crippen LogP) is 0.944. The summed E-state index contributed by atoms with van der Waals surface area (Å²) in [5.41, 5.74) is 0.191. The summed E-state index contributed by atoms with van der Waals surface area (Å²) in [5.74, 6) is 0.204. The second-order valence-electron chi connectivity index (χ2n) is 6.87. The molecule has 0 radical (unpaired) electrons. The van der Waals surface area contributed by atoms with Gasteiger partial charge in [0.2, 0.25) is 5.91 Å². The summed E-state index contributed by atoms with van der Waals surface area (Å²) >= 11 is 0. The second-order valence-corrected chi connectivity index (χ2v) is 6.87. The molecule has 2 aliphatic rings. The normalized spacial score (nSPS) is 27.7. The molecule has 5 heteroatoms. The third-order valence-corrected chi connectivity index (χ3v) is 5.19. The first-order chi connectivity index (χ1) is 10.00. The monoisotopic (exact) mass is 297 g/mol. The van der Waals surface area contributed by atoms with Gasteiger partial charge in [-0.2, -0.15) is 0 Å². The Morgan fingerprint density at radius 1 is 1.29 bits per heavy atom. The van der Waals surface area contributed by atoms with Crippen molar-refractivity contribution in [2.45, 2.75) is 44.2 Å². The van der Waals surface area contributed by atoms with Gasteiger partial charge in [0, 0.05) is 25.2 Å². The lowest BCUT2D eigenvalue weighted by molar-refractivity contribution is -0.137. The summed E-state index contributed by atoms with van der Waals surface area (Å²) in [5, 5.41) is 3.45. The van der Waals surface area contributed by atoms with Gasteiger partial charge in [-0.05, 0) is 46.3 Å². The predicted molar refractivity (Wildman–Crippen MR) is 84.3 cm³/mol. The Morgan fingerprint density at radius 2 is 2.00 bits per heavy atom. The molecular formula is C16H31N3O2. The van der Waals surface area contributed by atoms with Crippen LogP contribution in [0.4, 0.5) is 0 Å². The van der Waals surface area contributed by atoms with E-state index in [-0.39, 0.29) is 23.4 Å².